The molecule has 1 aliphatic heterocycles. The van der Waals surface area contributed by atoms with Gasteiger partial charge in [0.1, 0.15) is 5.75 Å². The van der Waals surface area contributed by atoms with Crippen LogP contribution in [-0.4, -0.2) is 13.0 Å². The van der Waals surface area contributed by atoms with Crippen molar-refractivity contribution >= 4 is 22.9 Å². The second-order valence-corrected chi connectivity index (χ2v) is 5.64. The largest absolute Gasteiger partial charge is 0.497 e. The lowest BCUT2D eigenvalue weighted by molar-refractivity contribution is -0.120. The summed E-state index contributed by atoms with van der Waals surface area (Å²) in [5.41, 5.74) is 2.05. The third kappa shape index (κ3) is 2.60. The van der Waals surface area contributed by atoms with E-state index in [1.54, 1.807) is 18.4 Å². The van der Waals surface area contributed by atoms with E-state index in [1.807, 2.05) is 41.8 Å². The van der Waals surface area contributed by atoms with Crippen LogP contribution in [0, 0.1) is 0 Å². The maximum absolute atomic E-state index is 11.9. The molecular weight excluding hydrogens is 270 g/mol. The Labute approximate surface area is 121 Å². The zero-order valence-corrected chi connectivity index (χ0v) is 11.9. The number of hydrogen-bond acceptors (Lipinski definition) is 3. The number of allylic oxidation sites excluding steroid dienone is 1. The molecule has 2 aromatic rings. The van der Waals surface area contributed by atoms with E-state index in [2.05, 4.69) is 11.4 Å². The van der Waals surface area contributed by atoms with Crippen molar-refractivity contribution in [2.24, 2.45) is 0 Å². The number of thiophene rings is 1. The Hall–Kier alpha value is -2.07. The molecule has 1 aromatic heterocycles. The molecule has 0 saturated carbocycles. The molecule has 20 heavy (non-hydrogen) atoms. The summed E-state index contributed by atoms with van der Waals surface area (Å²) in [6.07, 6.45) is 2.62. The van der Waals surface area contributed by atoms with Crippen LogP contribution in [0.5, 0.6) is 5.75 Å². The molecule has 0 aliphatic carbocycles. The summed E-state index contributed by atoms with van der Waals surface area (Å²) in [5, 5.41) is 4.96. The van der Waals surface area contributed by atoms with Crippen LogP contribution in [0.3, 0.4) is 0 Å². The molecule has 0 fully saturated rings. The fourth-order valence-corrected chi connectivity index (χ4v) is 3.05. The van der Waals surface area contributed by atoms with E-state index in [1.165, 1.54) is 0 Å². The molecule has 1 atom stereocenters. The van der Waals surface area contributed by atoms with Crippen LogP contribution in [0.1, 0.15) is 22.8 Å². The molecule has 1 amide bonds. The normalized spacial score (nSPS) is 18.4. The van der Waals surface area contributed by atoms with Gasteiger partial charge in [-0.2, -0.15) is 0 Å². The number of methoxy groups -OCH3 is 1. The van der Waals surface area contributed by atoms with E-state index in [4.69, 9.17) is 4.74 Å². The van der Waals surface area contributed by atoms with E-state index in [0.717, 1.165) is 21.9 Å². The van der Waals surface area contributed by atoms with Gasteiger partial charge in [-0.1, -0.05) is 24.3 Å². The first kappa shape index (κ1) is 12.9. The molecule has 0 saturated heterocycles. The lowest BCUT2D eigenvalue weighted by atomic mass is 9.91. The maximum Gasteiger partial charge on any atom is 0.225 e. The number of ether oxygens (including phenoxy) is 1. The van der Waals surface area contributed by atoms with Crippen LogP contribution in [-0.2, 0) is 4.79 Å². The predicted octanol–water partition coefficient (Wildman–Crippen LogP) is 3.40. The quantitative estimate of drug-likeness (QED) is 0.938. The number of benzene rings is 1. The van der Waals surface area contributed by atoms with Crippen molar-refractivity contribution < 1.29 is 9.53 Å². The van der Waals surface area contributed by atoms with Crippen LogP contribution >= 0.6 is 11.3 Å². The second kappa shape index (κ2) is 5.51. The molecule has 102 valence electrons. The van der Waals surface area contributed by atoms with E-state index in [9.17, 15) is 4.79 Å². The van der Waals surface area contributed by atoms with Gasteiger partial charge in [-0.05, 0) is 29.1 Å². The van der Waals surface area contributed by atoms with Gasteiger partial charge in [0.15, 0.2) is 0 Å². The minimum atomic E-state index is 0.0664. The van der Waals surface area contributed by atoms with Crippen molar-refractivity contribution in [3.8, 4) is 5.75 Å². The number of rotatable bonds is 3. The highest BCUT2D eigenvalue weighted by molar-refractivity contribution is 7.11. The van der Waals surface area contributed by atoms with Gasteiger partial charge in [-0.3, -0.25) is 4.79 Å². The molecule has 1 N–H and O–H groups in total. The number of hydrogen-bond donors (Lipinski definition) is 1. The number of carbonyl (C=O) groups excluding carboxylic acids is 1. The van der Waals surface area contributed by atoms with E-state index >= 15 is 0 Å². The molecule has 0 spiro atoms. The van der Waals surface area contributed by atoms with Crippen LogP contribution in [0.25, 0.3) is 5.70 Å². The van der Waals surface area contributed by atoms with Crippen LogP contribution < -0.4 is 10.1 Å². The lowest BCUT2D eigenvalue weighted by Gasteiger charge is -2.21. The Kier molecular flexibility index (Phi) is 3.56. The highest BCUT2D eigenvalue weighted by Gasteiger charge is 2.22. The topological polar surface area (TPSA) is 38.3 Å². The van der Waals surface area contributed by atoms with Crippen molar-refractivity contribution in [2.45, 2.75) is 12.3 Å². The van der Waals surface area contributed by atoms with E-state index in [0.29, 0.717) is 6.42 Å². The molecule has 0 bridgehead atoms. The van der Waals surface area contributed by atoms with E-state index in [-0.39, 0.29) is 11.8 Å². The Bertz CT molecular complexity index is 629. The van der Waals surface area contributed by atoms with Gasteiger partial charge >= 0.3 is 0 Å². The highest BCUT2D eigenvalue weighted by Crippen LogP contribution is 2.31. The molecule has 2 heterocycles. The summed E-state index contributed by atoms with van der Waals surface area (Å²) in [4.78, 5) is 13.0. The summed E-state index contributed by atoms with van der Waals surface area (Å²) in [6.45, 7) is 0. The van der Waals surface area contributed by atoms with Crippen LogP contribution in [0.4, 0.5) is 0 Å². The lowest BCUT2D eigenvalue weighted by Crippen LogP contribution is -2.27. The fourth-order valence-electron chi connectivity index (χ4n) is 2.34. The van der Waals surface area contributed by atoms with Crippen molar-refractivity contribution in [2.75, 3.05) is 7.11 Å². The third-order valence-corrected chi connectivity index (χ3v) is 4.28. The Morgan fingerprint density at radius 2 is 2.05 bits per heavy atom. The fraction of sp³-hybridized carbons (Fsp3) is 0.188. The molecule has 3 nitrogen and oxygen atoms in total. The average Bonchev–Trinajstić information content (AvgIpc) is 3.01. The third-order valence-electron chi connectivity index (χ3n) is 3.38. The van der Waals surface area contributed by atoms with Gasteiger partial charge in [0, 0.05) is 12.3 Å². The number of amides is 1. The van der Waals surface area contributed by atoms with Crippen LogP contribution in [0.15, 0.2) is 47.9 Å². The highest BCUT2D eigenvalue weighted by atomic mass is 32.1. The van der Waals surface area contributed by atoms with Crippen LogP contribution in [0.2, 0.25) is 0 Å². The first-order chi connectivity index (χ1) is 9.76. The average molecular weight is 285 g/mol. The summed E-state index contributed by atoms with van der Waals surface area (Å²) in [6, 6.07) is 11.9. The van der Waals surface area contributed by atoms with Gasteiger partial charge in [0.25, 0.3) is 0 Å². The summed E-state index contributed by atoms with van der Waals surface area (Å²) >= 11 is 1.63. The van der Waals surface area contributed by atoms with Gasteiger partial charge < -0.3 is 10.1 Å². The van der Waals surface area contributed by atoms with Crippen molar-refractivity contribution in [3.05, 3.63) is 58.3 Å². The van der Waals surface area contributed by atoms with Gasteiger partial charge in [-0.25, -0.2) is 0 Å². The van der Waals surface area contributed by atoms with Gasteiger partial charge in [0.05, 0.1) is 17.7 Å². The first-order valence-electron chi connectivity index (χ1n) is 6.46. The van der Waals surface area contributed by atoms with Gasteiger partial charge in [0.2, 0.25) is 5.91 Å². The minimum absolute atomic E-state index is 0.0664. The van der Waals surface area contributed by atoms with Crippen molar-refractivity contribution in [1.29, 1.82) is 0 Å². The monoisotopic (exact) mass is 285 g/mol. The summed E-state index contributed by atoms with van der Waals surface area (Å²) in [7, 11) is 1.65. The molecule has 4 heteroatoms. The first-order valence-corrected chi connectivity index (χ1v) is 7.34. The Morgan fingerprint density at radius 3 is 2.70 bits per heavy atom. The number of nitrogens with one attached hydrogen (secondary N) is 1. The zero-order valence-electron chi connectivity index (χ0n) is 11.1. The molecule has 1 aromatic carbocycles. The second-order valence-electron chi connectivity index (χ2n) is 4.69. The summed E-state index contributed by atoms with van der Waals surface area (Å²) < 4.78 is 5.16. The molecule has 1 unspecified atom stereocenters. The smallest absolute Gasteiger partial charge is 0.225 e. The van der Waals surface area contributed by atoms with Gasteiger partial charge in [-0.15, -0.1) is 11.3 Å². The standard InChI is InChI=1S/C16H15NO2S/c1-19-13-6-4-11(5-7-13)12-9-14(17-16(18)10-12)15-3-2-8-20-15/h2-9,12H,10H2,1H3,(H,17,18). The zero-order chi connectivity index (χ0) is 13.9. The Balaban J connectivity index is 1.91. The molecule has 0 radical (unpaired) electrons. The maximum atomic E-state index is 11.9. The summed E-state index contributed by atoms with van der Waals surface area (Å²) in [5.74, 6) is 1.01. The van der Waals surface area contributed by atoms with E-state index < -0.39 is 0 Å². The Morgan fingerprint density at radius 1 is 1.25 bits per heavy atom. The molecule has 3 rings (SSSR count). The predicted molar refractivity (Wildman–Crippen MR) is 80.8 cm³/mol. The molecular formula is C16H15NO2S. The molecule has 1 aliphatic rings. The SMILES string of the molecule is COc1ccc(C2C=C(c3cccs3)NC(=O)C2)cc1. The van der Waals surface area contributed by atoms with Crippen molar-refractivity contribution in [1.82, 2.24) is 5.32 Å². The van der Waals surface area contributed by atoms with Crippen molar-refractivity contribution in [3.63, 3.8) is 0 Å². The number of carbonyl (C=O) groups is 1. The minimum Gasteiger partial charge on any atom is -0.497 e.